The van der Waals surface area contributed by atoms with Gasteiger partial charge in [-0.25, -0.2) is 4.98 Å². The summed E-state index contributed by atoms with van der Waals surface area (Å²) < 4.78 is 0. The van der Waals surface area contributed by atoms with Gasteiger partial charge >= 0.3 is 0 Å². The molecule has 6 nitrogen and oxygen atoms in total. The molecule has 0 saturated heterocycles. The van der Waals surface area contributed by atoms with Gasteiger partial charge in [0.15, 0.2) is 0 Å². The van der Waals surface area contributed by atoms with Crippen LogP contribution in [0.1, 0.15) is 37.4 Å². The molecule has 2 N–H and O–H groups in total. The molecular formula is C14H24N4O2S. The predicted molar refractivity (Wildman–Crippen MR) is 83.9 cm³/mol. The number of nitrogens with one attached hydrogen (secondary N) is 2. The number of hydrogen-bond acceptors (Lipinski definition) is 5. The van der Waals surface area contributed by atoms with Gasteiger partial charge in [0.1, 0.15) is 5.01 Å². The summed E-state index contributed by atoms with van der Waals surface area (Å²) in [5.41, 5.74) is 5.78. The van der Waals surface area contributed by atoms with E-state index >= 15 is 0 Å². The maximum atomic E-state index is 11.8. The Hall–Kier alpha value is -1.47. The third-order valence-electron chi connectivity index (χ3n) is 2.96. The molecule has 118 valence electrons. The number of hydrogen-bond donors (Lipinski definition) is 2. The van der Waals surface area contributed by atoms with E-state index in [2.05, 4.69) is 27.7 Å². The van der Waals surface area contributed by atoms with Crippen molar-refractivity contribution in [1.82, 2.24) is 20.7 Å². The van der Waals surface area contributed by atoms with E-state index in [1.807, 2.05) is 19.2 Å². The zero-order chi connectivity index (χ0) is 15.7. The van der Waals surface area contributed by atoms with Crippen LogP contribution >= 0.6 is 11.3 Å². The lowest BCUT2D eigenvalue weighted by atomic mass is 10.3. The van der Waals surface area contributed by atoms with Crippen molar-refractivity contribution >= 4 is 23.2 Å². The smallest absolute Gasteiger partial charge is 0.252 e. The van der Waals surface area contributed by atoms with Gasteiger partial charge in [-0.2, -0.15) is 0 Å². The van der Waals surface area contributed by atoms with Crippen LogP contribution in [0.15, 0.2) is 5.38 Å². The fourth-order valence-corrected chi connectivity index (χ4v) is 2.55. The molecule has 1 rings (SSSR count). The fourth-order valence-electron chi connectivity index (χ4n) is 1.78. The molecule has 0 atom stereocenters. The van der Waals surface area contributed by atoms with E-state index < -0.39 is 0 Å². The summed E-state index contributed by atoms with van der Waals surface area (Å²) in [6, 6.07) is 0. The molecule has 1 aromatic rings. The Morgan fingerprint density at radius 3 is 2.57 bits per heavy atom. The maximum absolute atomic E-state index is 11.8. The summed E-state index contributed by atoms with van der Waals surface area (Å²) in [5, 5.41) is 2.64. The van der Waals surface area contributed by atoms with Gasteiger partial charge in [-0.1, -0.05) is 20.3 Å². The van der Waals surface area contributed by atoms with Crippen LogP contribution in [-0.2, 0) is 16.0 Å². The summed E-state index contributed by atoms with van der Waals surface area (Å²) in [7, 11) is 0. The number of nitrogens with zero attached hydrogens (tertiary/aromatic N) is 2. The predicted octanol–water partition coefficient (Wildman–Crippen LogP) is 1.26. The normalized spacial score (nSPS) is 10.7. The van der Waals surface area contributed by atoms with E-state index in [1.165, 1.54) is 11.3 Å². The molecule has 0 aliphatic heterocycles. The van der Waals surface area contributed by atoms with Crippen LogP contribution in [0.4, 0.5) is 0 Å². The maximum Gasteiger partial charge on any atom is 0.252 e. The molecule has 0 radical (unpaired) electrons. The molecule has 1 aromatic heterocycles. The second-order valence-electron chi connectivity index (χ2n) is 4.88. The van der Waals surface area contributed by atoms with Crippen molar-refractivity contribution in [2.45, 2.75) is 40.0 Å². The van der Waals surface area contributed by atoms with Crippen LogP contribution in [0.25, 0.3) is 0 Å². The van der Waals surface area contributed by atoms with Crippen molar-refractivity contribution in [2.24, 2.45) is 0 Å². The standard InChI is InChI=1S/C14H24N4O2S/c1-4-6-7-18(5-2)9-13(20)17-16-12(19)8-14-15-11(3)10-21-14/h10H,4-9H2,1-3H3,(H,16,19)(H,17,20). The van der Waals surface area contributed by atoms with Crippen molar-refractivity contribution < 1.29 is 9.59 Å². The molecule has 0 saturated carbocycles. The lowest BCUT2D eigenvalue weighted by molar-refractivity contribution is -0.129. The van der Waals surface area contributed by atoms with Gasteiger partial charge in [0.25, 0.3) is 5.91 Å². The monoisotopic (exact) mass is 312 g/mol. The van der Waals surface area contributed by atoms with E-state index in [1.54, 1.807) is 0 Å². The van der Waals surface area contributed by atoms with Gasteiger partial charge in [0.05, 0.1) is 13.0 Å². The van der Waals surface area contributed by atoms with Gasteiger partial charge in [-0.3, -0.25) is 25.3 Å². The van der Waals surface area contributed by atoms with E-state index in [4.69, 9.17) is 0 Å². The first-order chi connectivity index (χ1) is 10.0. The summed E-state index contributed by atoms with van der Waals surface area (Å²) in [6.45, 7) is 8.04. The zero-order valence-electron chi connectivity index (χ0n) is 12.9. The van der Waals surface area contributed by atoms with Crippen LogP contribution in [0, 0.1) is 6.92 Å². The minimum atomic E-state index is -0.255. The van der Waals surface area contributed by atoms with Crippen LogP contribution in [-0.4, -0.2) is 41.3 Å². The number of carbonyl (C=O) groups is 2. The largest absolute Gasteiger partial charge is 0.295 e. The fraction of sp³-hybridized carbons (Fsp3) is 0.643. The summed E-state index contributed by atoms with van der Waals surface area (Å²) in [4.78, 5) is 29.7. The third kappa shape index (κ3) is 7.19. The lowest BCUT2D eigenvalue weighted by Crippen LogP contribution is -2.47. The molecule has 0 aliphatic carbocycles. The minimum Gasteiger partial charge on any atom is -0.295 e. The topological polar surface area (TPSA) is 74.3 Å². The van der Waals surface area contributed by atoms with Gasteiger partial charge in [-0.05, 0) is 26.4 Å². The average molecular weight is 312 g/mol. The molecular weight excluding hydrogens is 288 g/mol. The molecule has 7 heteroatoms. The van der Waals surface area contributed by atoms with Gasteiger partial charge < -0.3 is 0 Å². The Morgan fingerprint density at radius 1 is 1.29 bits per heavy atom. The number of amides is 2. The van der Waals surface area contributed by atoms with E-state index in [0.29, 0.717) is 6.54 Å². The Balaban J connectivity index is 2.26. The van der Waals surface area contributed by atoms with Crippen LogP contribution < -0.4 is 10.9 Å². The van der Waals surface area contributed by atoms with Gasteiger partial charge in [-0.15, -0.1) is 11.3 Å². The quantitative estimate of drug-likeness (QED) is 0.709. The number of thiazole rings is 1. The van der Waals surface area contributed by atoms with Crippen molar-refractivity contribution in [3.8, 4) is 0 Å². The summed E-state index contributed by atoms with van der Waals surface area (Å²) in [5.74, 6) is -0.453. The molecule has 0 spiro atoms. The Bertz CT molecular complexity index is 462. The van der Waals surface area contributed by atoms with Crippen molar-refractivity contribution in [2.75, 3.05) is 19.6 Å². The minimum absolute atomic E-state index is 0.187. The van der Waals surface area contributed by atoms with Crippen molar-refractivity contribution in [3.05, 3.63) is 16.1 Å². The summed E-state index contributed by atoms with van der Waals surface area (Å²) in [6.07, 6.45) is 2.35. The molecule has 0 unspecified atom stereocenters. The molecule has 0 aliphatic rings. The highest BCUT2D eigenvalue weighted by Crippen LogP contribution is 2.08. The highest BCUT2D eigenvalue weighted by molar-refractivity contribution is 7.09. The summed E-state index contributed by atoms with van der Waals surface area (Å²) >= 11 is 1.44. The van der Waals surface area contributed by atoms with Crippen molar-refractivity contribution in [3.63, 3.8) is 0 Å². The number of unbranched alkanes of at least 4 members (excludes halogenated alkanes) is 1. The number of carbonyl (C=O) groups excluding carboxylic acids is 2. The number of hydrazine groups is 1. The number of aromatic nitrogens is 1. The molecule has 2 amide bonds. The molecule has 1 heterocycles. The van der Waals surface area contributed by atoms with Gasteiger partial charge in [0.2, 0.25) is 5.91 Å². The average Bonchev–Trinajstić information content (AvgIpc) is 2.86. The van der Waals surface area contributed by atoms with Gasteiger partial charge in [0, 0.05) is 11.1 Å². The Kier molecular flexibility index (Phi) is 7.92. The highest BCUT2D eigenvalue weighted by Gasteiger charge is 2.11. The first-order valence-corrected chi connectivity index (χ1v) is 8.14. The highest BCUT2D eigenvalue weighted by atomic mass is 32.1. The second kappa shape index (κ2) is 9.46. The Labute approximate surface area is 129 Å². The SMILES string of the molecule is CCCCN(CC)CC(=O)NNC(=O)Cc1nc(C)cs1. The molecule has 0 bridgehead atoms. The molecule has 0 aromatic carbocycles. The van der Waals surface area contributed by atoms with E-state index in [9.17, 15) is 9.59 Å². The van der Waals surface area contributed by atoms with Crippen LogP contribution in [0.5, 0.6) is 0 Å². The number of likely N-dealkylation sites (N-methyl/N-ethyl adjacent to an activating group) is 1. The number of rotatable bonds is 8. The van der Waals surface area contributed by atoms with E-state index in [-0.39, 0.29) is 18.2 Å². The third-order valence-corrected chi connectivity index (χ3v) is 3.93. The first kappa shape index (κ1) is 17.6. The van der Waals surface area contributed by atoms with Crippen LogP contribution in [0.3, 0.4) is 0 Å². The Morgan fingerprint density at radius 2 is 2.00 bits per heavy atom. The first-order valence-electron chi connectivity index (χ1n) is 7.26. The lowest BCUT2D eigenvalue weighted by Gasteiger charge is -2.19. The van der Waals surface area contributed by atoms with E-state index in [0.717, 1.165) is 36.6 Å². The second-order valence-corrected chi connectivity index (χ2v) is 5.82. The molecule has 0 fully saturated rings. The van der Waals surface area contributed by atoms with Crippen molar-refractivity contribution in [1.29, 1.82) is 0 Å². The zero-order valence-corrected chi connectivity index (χ0v) is 13.8. The number of aryl methyl sites for hydroxylation is 1. The van der Waals surface area contributed by atoms with Crippen LogP contribution in [0.2, 0.25) is 0 Å². The molecule has 21 heavy (non-hydrogen) atoms.